The quantitative estimate of drug-likeness (QED) is 0.770. The van der Waals surface area contributed by atoms with E-state index in [2.05, 4.69) is 45.4 Å². The highest BCUT2D eigenvalue weighted by Crippen LogP contribution is 2.41. The van der Waals surface area contributed by atoms with Gasteiger partial charge in [0.25, 0.3) is 0 Å². The van der Waals surface area contributed by atoms with E-state index in [9.17, 15) is 0 Å². The van der Waals surface area contributed by atoms with Gasteiger partial charge in [0.05, 0.1) is 11.2 Å². The third-order valence-corrected chi connectivity index (χ3v) is 6.10. The first kappa shape index (κ1) is 17.0. The second kappa shape index (κ2) is 6.78. The molecule has 1 aromatic heterocycles. The second-order valence-corrected chi connectivity index (χ2v) is 8.56. The molecule has 1 saturated carbocycles. The first-order valence-corrected chi connectivity index (χ1v) is 9.44. The van der Waals surface area contributed by atoms with Crippen molar-refractivity contribution in [3.63, 3.8) is 0 Å². The molecule has 2 atom stereocenters. The van der Waals surface area contributed by atoms with Crippen LogP contribution in [0.2, 0.25) is 0 Å². The van der Waals surface area contributed by atoms with Crippen LogP contribution in [0.25, 0.3) is 0 Å². The molecule has 1 aromatic rings. The zero-order chi connectivity index (χ0) is 15.5. The summed E-state index contributed by atoms with van der Waals surface area (Å²) < 4.78 is 0. The number of rotatable bonds is 4. The molecule has 0 spiro atoms. The molecule has 1 N–H and O–H groups in total. The van der Waals surface area contributed by atoms with Gasteiger partial charge >= 0.3 is 0 Å². The average Bonchev–Trinajstić information content (AvgIpc) is 2.84. The summed E-state index contributed by atoms with van der Waals surface area (Å²) >= 11 is 1.86. The fourth-order valence-corrected chi connectivity index (χ4v) is 4.83. The molecule has 120 valence electrons. The van der Waals surface area contributed by atoms with Crippen LogP contribution in [0, 0.1) is 5.92 Å². The molecule has 1 aliphatic carbocycles. The van der Waals surface area contributed by atoms with E-state index in [0.717, 1.165) is 5.92 Å². The Kier molecular flexibility index (Phi) is 5.48. The molecule has 0 aromatic carbocycles. The molecular weight excluding hydrogens is 276 g/mol. The lowest BCUT2D eigenvalue weighted by atomic mass is 9.89. The van der Waals surface area contributed by atoms with Gasteiger partial charge in [0, 0.05) is 10.8 Å². The first-order valence-electron chi connectivity index (χ1n) is 8.56. The maximum absolute atomic E-state index is 5.02. The van der Waals surface area contributed by atoms with Crippen LogP contribution in [0.4, 0.5) is 0 Å². The van der Waals surface area contributed by atoms with Crippen molar-refractivity contribution in [3.05, 3.63) is 16.1 Å². The van der Waals surface area contributed by atoms with Gasteiger partial charge in [-0.15, -0.1) is 11.3 Å². The summed E-state index contributed by atoms with van der Waals surface area (Å²) in [7, 11) is 2.12. The predicted octanol–water partition coefficient (Wildman–Crippen LogP) is 5.24. The molecule has 0 aliphatic heterocycles. The highest BCUT2D eigenvalue weighted by molar-refractivity contribution is 7.09. The molecule has 0 saturated heterocycles. The van der Waals surface area contributed by atoms with Crippen LogP contribution in [0.15, 0.2) is 5.38 Å². The number of nitrogens with one attached hydrogen (secondary N) is 1. The number of nitrogens with zero attached hydrogens (tertiary/aromatic N) is 1. The monoisotopic (exact) mass is 308 g/mol. The standard InChI is InChI=1S/C18H32N2S/c1-6-8-14-9-7-11-18(19-5,12-10-14)16-20-15(13-21-16)17(2,3)4/h13-14,19H,6-12H2,1-5H3. The van der Waals surface area contributed by atoms with Crippen molar-refractivity contribution in [1.82, 2.24) is 10.3 Å². The maximum Gasteiger partial charge on any atom is 0.113 e. The average molecular weight is 309 g/mol. The summed E-state index contributed by atoms with van der Waals surface area (Å²) in [6.45, 7) is 9.07. The Bertz CT molecular complexity index is 446. The minimum atomic E-state index is 0.122. The van der Waals surface area contributed by atoms with Gasteiger partial charge in [0.15, 0.2) is 0 Å². The Morgan fingerprint density at radius 1 is 1.33 bits per heavy atom. The van der Waals surface area contributed by atoms with Crippen LogP contribution in [-0.2, 0) is 11.0 Å². The highest BCUT2D eigenvalue weighted by Gasteiger charge is 2.36. The van der Waals surface area contributed by atoms with Crippen LogP contribution in [0.3, 0.4) is 0 Å². The minimum Gasteiger partial charge on any atom is -0.308 e. The summed E-state index contributed by atoms with van der Waals surface area (Å²) in [6.07, 6.45) is 9.27. The van der Waals surface area contributed by atoms with Crippen molar-refractivity contribution in [1.29, 1.82) is 0 Å². The van der Waals surface area contributed by atoms with E-state index in [4.69, 9.17) is 4.98 Å². The Labute approximate surface area is 134 Å². The highest BCUT2D eigenvalue weighted by atomic mass is 32.1. The van der Waals surface area contributed by atoms with Crippen molar-refractivity contribution in [2.45, 2.75) is 83.6 Å². The predicted molar refractivity (Wildman–Crippen MR) is 93.0 cm³/mol. The van der Waals surface area contributed by atoms with Gasteiger partial charge in [-0.25, -0.2) is 4.98 Å². The van der Waals surface area contributed by atoms with Gasteiger partial charge in [-0.2, -0.15) is 0 Å². The van der Waals surface area contributed by atoms with E-state index in [-0.39, 0.29) is 11.0 Å². The Morgan fingerprint density at radius 2 is 2.10 bits per heavy atom. The molecule has 1 aliphatic rings. The maximum atomic E-state index is 5.02. The van der Waals surface area contributed by atoms with Crippen LogP contribution in [-0.4, -0.2) is 12.0 Å². The first-order chi connectivity index (χ1) is 9.91. The Morgan fingerprint density at radius 3 is 2.67 bits per heavy atom. The lowest BCUT2D eigenvalue weighted by Gasteiger charge is -2.30. The van der Waals surface area contributed by atoms with Crippen molar-refractivity contribution >= 4 is 11.3 Å². The zero-order valence-electron chi connectivity index (χ0n) is 14.5. The van der Waals surface area contributed by atoms with Crippen molar-refractivity contribution < 1.29 is 0 Å². The normalized spacial score (nSPS) is 27.6. The van der Waals surface area contributed by atoms with Gasteiger partial charge in [-0.05, 0) is 32.2 Å². The van der Waals surface area contributed by atoms with E-state index in [1.807, 2.05) is 11.3 Å². The van der Waals surface area contributed by atoms with E-state index in [1.54, 1.807) is 0 Å². The molecule has 1 fully saturated rings. The van der Waals surface area contributed by atoms with E-state index >= 15 is 0 Å². The SMILES string of the molecule is CCCC1CCCC(NC)(c2nc(C(C)(C)C)cs2)CC1. The number of hydrogen-bond acceptors (Lipinski definition) is 3. The van der Waals surface area contributed by atoms with Crippen molar-refractivity contribution in [3.8, 4) is 0 Å². The number of hydrogen-bond donors (Lipinski definition) is 1. The molecule has 2 rings (SSSR count). The van der Waals surface area contributed by atoms with Gasteiger partial charge in [-0.3, -0.25) is 0 Å². The molecule has 0 bridgehead atoms. The third-order valence-electron chi connectivity index (χ3n) is 5.05. The molecule has 1 heterocycles. The summed E-state index contributed by atoms with van der Waals surface area (Å²) in [6, 6.07) is 0. The third kappa shape index (κ3) is 3.87. The van der Waals surface area contributed by atoms with Crippen molar-refractivity contribution in [2.75, 3.05) is 7.05 Å². The largest absolute Gasteiger partial charge is 0.308 e. The van der Waals surface area contributed by atoms with Gasteiger partial charge in [-0.1, -0.05) is 53.4 Å². The fourth-order valence-electron chi connectivity index (χ4n) is 3.52. The number of thiazole rings is 1. The molecule has 2 unspecified atom stereocenters. The number of aromatic nitrogens is 1. The van der Waals surface area contributed by atoms with Crippen LogP contribution >= 0.6 is 11.3 Å². The lowest BCUT2D eigenvalue weighted by molar-refractivity contribution is 0.303. The second-order valence-electron chi connectivity index (χ2n) is 7.71. The zero-order valence-corrected chi connectivity index (χ0v) is 15.3. The fraction of sp³-hybridized carbons (Fsp3) is 0.833. The van der Waals surface area contributed by atoms with E-state index in [1.165, 1.54) is 55.6 Å². The molecule has 3 heteroatoms. The van der Waals surface area contributed by atoms with E-state index in [0.29, 0.717) is 0 Å². The van der Waals surface area contributed by atoms with Crippen LogP contribution < -0.4 is 5.32 Å². The van der Waals surface area contributed by atoms with Crippen LogP contribution in [0.5, 0.6) is 0 Å². The molecule has 0 radical (unpaired) electrons. The van der Waals surface area contributed by atoms with E-state index < -0.39 is 0 Å². The minimum absolute atomic E-state index is 0.122. The molecule has 2 nitrogen and oxygen atoms in total. The van der Waals surface area contributed by atoms with Crippen molar-refractivity contribution in [2.24, 2.45) is 5.92 Å². The smallest absolute Gasteiger partial charge is 0.113 e. The lowest BCUT2D eigenvalue weighted by Crippen LogP contribution is -2.39. The molecule has 21 heavy (non-hydrogen) atoms. The van der Waals surface area contributed by atoms with Gasteiger partial charge in [0.2, 0.25) is 0 Å². The molecule has 0 amide bonds. The molecular formula is C18H32N2S. The Hall–Kier alpha value is -0.410. The summed E-state index contributed by atoms with van der Waals surface area (Å²) in [4.78, 5) is 5.02. The van der Waals surface area contributed by atoms with Gasteiger partial charge < -0.3 is 5.32 Å². The van der Waals surface area contributed by atoms with Gasteiger partial charge in [0.1, 0.15) is 5.01 Å². The Balaban J connectivity index is 2.19. The van der Waals surface area contributed by atoms with Crippen LogP contribution in [0.1, 0.15) is 83.3 Å². The summed E-state index contributed by atoms with van der Waals surface area (Å²) in [5, 5.41) is 7.23. The summed E-state index contributed by atoms with van der Waals surface area (Å²) in [5.74, 6) is 0.923. The summed E-state index contributed by atoms with van der Waals surface area (Å²) in [5.41, 5.74) is 1.52. The topological polar surface area (TPSA) is 24.9 Å².